The molecule has 1 amide bonds. The van der Waals surface area contributed by atoms with E-state index in [2.05, 4.69) is 30.7 Å². The highest BCUT2D eigenvalue weighted by Gasteiger charge is 2.20. The molecule has 0 N–H and O–H groups in total. The molecule has 1 atom stereocenters. The van der Waals surface area contributed by atoms with E-state index >= 15 is 0 Å². The molecule has 0 aliphatic carbocycles. The van der Waals surface area contributed by atoms with Gasteiger partial charge in [0.25, 0.3) is 0 Å². The highest BCUT2D eigenvalue weighted by molar-refractivity contribution is 9.09. The molecule has 150 valence electrons. The van der Waals surface area contributed by atoms with Crippen molar-refractivity contribution >= 4 is 27.8 Å². The highest BCUT2D eigenvalue weighted by atomic mass is 79.9. The number of piperazine rings is 1. The summed E-state index contributed by atoms with van der Waals surface area (Å²) in [5.74, 6) is 1.72. The molecule has 0 radical (unpaired) electrons. The topological polar surface area (TPSA) is 58.1 Å². The van der Waals surface area contributed by atoms with Crippen molar-refractivity contribution in [3.05, 3.63) is 54.2 Å². The van der Waals surface area contributed by atoms with Gasteiger partial charge < -0.3 is 19.3 Å². The molecular formula is C20H25BrN4O3. The Kier molecular flexibility index (Phi) is 7.11. The van der Waals surface area contributed by atoms with Crippen LogP contribution in [0.5, 0.6) is 5.75 Å². The molecule has 1 fully saturated rings. The maximum atomic E-state index is 11.7. The minimum absolute atomic E-state index is 0.468. The number of pyridine rings is 1. The van der Waals surface area contributed by atoms with Crippen LogP contribution in [-0.4, -0.2) is 66.4 Å². The van der Waals surface area contributed by atoms with Crippen LogP contribution in [0.1, 0.15) is 5.56 Å². The van der Waals surface area contributed by atoms with Crippen LogP contribution in [0.15, 0.2) is 48.7 Å². The van der Waals surface area contributed by atoms with Crippen molar-refractivity contribution in [3.63, 3.8) is 0 Å². The van der Waals surface area contributed by atoms with Crippen LogP contribution in [0, 0.1) is 0 Å². The van der Waals surface area contributed by atoms with Crippen molar-refractivity contribution in [1.82, 2.24) is 14.8 Å². The molecule has 2 heterocycles. The van der Waals surface area contributed by atoms with Crippen LogP contribution < -0.4 is 9.64 Å². The molecule has 1 aliphatic heterocycles. The number of benzene rings is 1. The minimum atomic E-state index is -0.843. The van der Waals surface area contributed by atoms with Gasteiger partial charge in [0, 0.05) is 74.5 Å². The Morgan fingerprint density at radius 2 is 1.86 bits per heavy atom. The summed E-state index contributed by atoms with van der Waals surface area (Å²) < 4.78 is 11.0. The number of para-hydroxylation sites is 1. The van der Waals surface area contributed by atoms with Crippen molar-refractivity contribution in [2.75, 3.05) is 45.2 Å². The number of rotatable bonds is 6. The zero-order chi connectivity index (χ0) is 19.9. The largest absolute Gasteiger partial charge is 0.445 e. The summed E-state index contributed by atoms with van der Waals surface area (Å²) in [6, 6.07) is 13.8. The molecule has 1 saturated heterocycles. The SMILES string of the molecule is CN(C)C(=O)OC(Br)Oc1ccccc1CN1CCN(c2ccccn2)CC1. The summed E-state index contributed by atoms with van der Waals surface area (Å²) in [7, 11) is 3.25. The smallest absolute Gasteiger partial charge is 0.413 e. The van der Waals surface area contributed by atoms with E-state index in [0.29, 0.717) is 5.75 Å². The lowest BCUT2D eigenvalue weighted by molar-refractivity contribution is 0.0221. The van der Waals surface area contributed by atoms with Gasteiger partial charge in [-0.1, -0.05) is 24.3 Å². The quantitative estimate of drug-likeness (QED) is 0.499. The number of hydrogen-bond acceptors (Lipinski definition) is 6. The first-order valence-electron chi connectivity index (χ1n) is 9.18. The Morgan fingerprint density at radius 1 is 1.14 bits per heavy atom. The average molecular weight is 449 g/mol. The molecule has 2 aromatic rings. The third-order valence-corrected chi connectivity index (χ3v) is 4.86. The van der Waals surface area contributed by atoms with Crippen LogP contribution in [0.25, 0.3) is 0 Å². The van der Waals surface area contributed by atoms with Gasteiger partial charge in [0.1, 0.15) is 11.6 Å². The number of carbonyl (C=O) groups excluding carboxylic acids is 1. The number of alkyl halides is 1. The second-order valence-corrected chi connectivity index (χ2v) is 7.48. The number of amides is 1. The van der Waals surface area contributed by atoms with Crippen LogP contribution in [0.3, 0.4) is 0 Å². The zero-order valence-corrected chi connectivity index (χ0v) is 17.7. The van der Waals surface area contributed by atoms with E-state index in [4.69, 9.17) is 9.47 Å². The standard InChI is InChI=1S/C20H25BrN4O3/c1-23(2)20(26)28-19(21)27-17-8-4-3-7-16(17)15-24-11-13-25(14-12-24)18-9-5-6-10-22-18/h3-10,19H,11-15H2,1-2H3. The van der Waals surface area contributed by atoms with Gasteiger partial charge in [-0.25, -0.2) is 9.78 Å². The average Bonchev–Trinajstić information content (AvgIpc) is 2.70. The van der Waals surface area contributed by atoms with Crippen LogP contribution in [0.2, 0.25) is 0 Å². The lowest BCUT2D eigenvalue weighted by Gasteiger charge is -2.35. The molecule has 0 saturated carbocycles. The molecule has 1 unspecified atom stereocenters. The van der Waals surface area contributed by atoms with Crippen molar-refractivity contribution < 1.29 is 14.3 Å². The number of anilines is 1. The molecule has 0 bridgehead atoms. The van der Waals surface area contributed by atoms with Crippen molar-refractivity contribution in [3.8, 4) is 5.75 Å². The predicted octanol–water partition coefficient (Wildman–Crippen LogP) is 3.16. The van der Waals surface area contributed by atoms with Crippen molar-refractivity contribution in [2.24, 2.45) is 0 Å². The van der Waals surface area contributed by atoms with E-state index < -0.39 is 11.3 Å². The zero-order valence-electron chi connectivity index (χ0n) is 16.1. The van der Waals surface area contributed by atoms with Crippen molar-refractivity contribution in [1.29, 1.82) is 0 Å². The molecule has 3 rings (SSSR count). The molecule has 8 heteroatoms. The maximum absolute atomic E-state index is 11.7. The molecule has 1 aromatic heterocycles. The molecule has 7 nitrogen and oxygen atoms in total. The summed E-state index contributed by atoms with van der Waals surface area (Å²) in [6.45, 7) is 4.52. The Balaban J connectivity index is 1.56. The monoisotopic (exact) mass is 448 g/mol. The third-order valence-electron chi connectivity index (χ3n) is 4.49. The van der Waals surface area contributed by atoms with Gasteiger partial charge in [0.05, 0.1) is 0 Å². The normalized spacial score (nSPS) is 15.8. The number of nitrogens with zero attached hydrogens (tertiary/aromatic N) is 4. The summed E-state index contributed by atoms with van der Waals surface area (Å²) in [4.78, 5) is 22.1. The summed E-state index contributed by atoms with van der Waals surface area (Å²) in [5, 5.41) is -0.843. The first-order chi connectivity index (χ1) is 13.5. The van der Waals surface area contributed by atoms with Crippen LogP contribution in [-0.2, 0) is 11.3 Å². The Bertz CT molecular complexity index is 767. The fraction of sp³-hybridized carbons (Fsp3) is 0.400. The van der Waals surface area contributed by atoms with E-state index in [1.54, 1.807) is 14.1 Å². The number of halogens is 1. The number of ether oxygens (including phenoxy) is 2. The van der Waals surface area contributed by atoms with Gasteiger partial charge in [-0.15, -0.1) is 0 Å². The summed E-state index contributed by atoms with van der Waals surface area (Å²) in [6.07, 6.45) is 1.36. The van der Waals surface area contributed by atoms with Gasteiger partial charge in [-0.2, -0.15) is 0 Å². The van der Waals surface area contributed by atoms with E-state index in [0.717, 1.165) is 44.1 Å². The Hall–Kier alpha value is -2.32. The van der Waals surface area contributed by atoms with Gasteiger partial charge in [-0.05, 0) is 18.2 Å². The number of hydrogen-bond donors (Lipinski definition) is 0. The second kappa shape index (κ2) is 9.75. The van der Waals surface area contributed by atoms with Crippen LogP contribution >= 0.6 is 15.9 Å². The molecule has 1 aliphatic rings. The fourth-order valence-electron chi connectivity index (χ4n) is 2.97. The van der Waals surface area contributed by atoms with E-state index in [-0.39, 0.29) is 0 Å². The first-order valence-corrected chi connectivity index (χ1v) is 10.1. The van der Waals surface area contributed by atoms with Gasteiger partial charge in [-0.3, -0.25) is 4.90 Å². The Morgan fingerprint density at radius 3 is 2.54 bits per heavy atom. The summed E-state index contributed by atoms with van der Waals surface area (Å²) in [5.41, 5.74) is 1.05. The van der Waals surface area contributed by atoms with Crippen LogP contribution in [0.4, 0.5) is 10.6 Å². The predicted molar refractivity (Wildman–Crippen MR) is 112 cm³/mol. The molecule has 28 heavy (non-hydrogen) atoms. The van der Waals surface area contributed by atoms with Crippen molar-refractivity contribution in [2.45, 2.75) is 11.7 Å². The van der Waals surface area contributed by atoms with Gasteiger partial charge in [0.15, 0.2) is 0 Å². The maximum Gasteiger partial charge on any atom is 0.413 e. The van der Waals surface area contributed by atoms with E-state index in [9.17, 15) is 4.79 Å². The third kappa shape index (κ3) is 5.59. The fourth-order valence-corrected chi connectivity index (χ4v) is 3.34. The first kappa shape index (κ1) is 20.4. The second-order valence-electron chi connectivity index (χ2n) is 6.73. The lowest BCUT2D eigenvalue weighted by atomic mass is 10.1. The van der Waals surface area contributed by atoms with Gasteiger partial charge in [0.2, 0.25) is 0 Å². The highest BCUT2D eigenvalue weighted by Crippen LogP contribution is 2.24. The molecular weight excluding hydrogens is 424 g/mol. The summed E-state index contributed by atoms with van der Waals surface area (Å²) >= 11 is 3.26. The lowest BCUT2D eigenvalue weighted by Crippen LogP contribution is -2.46. The van der Waals surface area contributed by atoms with Gasteiger partial charge >= 0.3 is 11.3 Å². The number of carbonyl (C=O) groups is 1. The van der Waals surface area contributed by atoms with E-state index in [1.807, 2.05) is 48.7 Å². The van der Waals surface area contributed by atoms with E-state index in [1.165, 1.54) is 4.90 Å². The Labute approximate surface area is 174 Å². The number of aromatic nitrogens is 1. The molecule has 0 spiro atoms. The molecule has 1 aromatic carbocycles. The minimum Gasteiger partial charge on any atom is -0.445 e.